The molecule has 28 heavy (non-hydrogen) atoms. The number of thiophene rings is 1. The minimum Gasteiger partial charge on any atom is -0.370 e. The Hall–Kier alpha value is -1.79. The van der Waals surface area contributed by atoms with Crippen LogP contribution in [0.1, 0.15) is 70.2 Å². The molecule has 150 valence electrons. The Morgan fingerprint density at radius 3 is 2.75 bits per heavy atom. The van der Waals surface area contributed by atoms with E-state index in [4.69, 9.17) is 14.7 Å². The lowest BCUT2D eigenvalue weighted by Gasteiger charge is -2.33. The summed E-state index contributed by atoms with van der Waals surface area (Å²) < 4.78 is 7.30. The lowest BCUT2D eigenvalue weighted by Crippen LogP contribution is -2.32. The largest absolute Gasteiger partial charge is 0.370 e. The van der Waals surface area contributed by atoms with Gasteiger partial charge >= 0.3 is 0 Å². The third-order valence-corrected chi connectivity index (χ3v) is 6.67. The summed E-state index contributed by atoms with van der Waals surface area (Å²) in [6.07, 6.45) is 4.92. The summed E-state index contributed by atoms with van der Waals surface area (Å²) in [5.41, 5.74) is 4.68. The van der Waals surface area contributed by atoms with Crippen molar-refractivity contribution in [2.24, 2.45) is 0 Å². The van der Waals surface area contributed by atoms with E-state index in [1.54, 1.807) is 17.7 Å². The first-order valence-electron chi connectivity index (χ1n) is 10.3. The summed E-state index contributed by atoms with van der Waals surface area (Å²) in [6, 6.07) is 0. The van der Waals surface area contributed by atoms with Crippen LogP contribution in [-0.2, 0) is 17.8 Å². The molecule has 0 atom stereocenters. The van der Waals surface area contributed by atoms with E-state index in [-0.39, 0.29) is 5.60 Å². The molecule has 0 bridgehead atoms. The number of unbranched alkanes of at least 4 members (excludes halogenated alkanes) is 1. The van der Waals surface area contributed by atoms with E-state index < -0.39 is 0 Å². The molecule has 0 fully saturated rings. The van der Waals surface area contributed by atoms with Crippen molar-refractivity contribution in [3.63, 3.8) is 0 Å². The Morgan fingerprint density at radius 1 is 1.25 bits per heavy atom. The molecule has 0 radical (unpaired) electrons. The van der Waals surface area contributed by atoms with Gasteiger partial charge in [0, 0.05) is 31.0 Å². The number of nitrogens with zero attached hydrogens (tertiary/aromatic N) is 4. The summed E-state index contributed by atoms with van der Waals surface area (Å²) in [7, 11) is 2.13. The van der Waals surface area contributed by atoms with E-state index in [1.807, 2.05) is 0 Å². The second-order valence-electron chi connectivity index (χ2n) is 8.77. The third kappa shape index (κ3) is 3.26. The van der Waals surface area contributed by atoms with E-state index >= 15 is 0 Å². The van der Waals surface area contributed by atoms with Crippen LogP contribution < -0.4 is 4.90 Å². The van der Waals surface area contributed by atoms with Crippen LogP contribution in [0.25, 0.3) is 20.4 Å². The predicted octanol–water partition coefficient (Wildman–Crippen LogP) is 5.45. The van der Waals surface area contributed by atoms with Crippen molar-refractivity contribution in [1.29, 1.82) is 0 Å². The summed E-state index contributed by atoms with van der Waals surface area (Å²) in [4.78, 5) is 17.8. The van der Waals surface area contributed by atoms with E-state index in [0.717, 1.165) is 40.3 Å². The Balaban J connectivity index is 1.99. The van der Waals surface area contributed by atoms with Gasteiger partial charge in [0.05, 0.1) is 28.1 Å². The first-order valence-corrected chi connectivity index (χ1v) is 11.1. The van der Waals surface area contributed by atoms with Gasteiger partial charge in [-0.25, -0.2) is 15.0 Å². The topological polar surface area (TPSA) is 51.1 Å². The maximum Gasteiger partial charge on any atom is 0.149 e. The van der Waals surface area contributed by atoms with Gasteiger partial charge in [-0.05, 0) is 31.7 Å². The van der Waals surface area contributed by atoms with Gasteiger partial charge in [0.25, 0.3) is 0 Å². The quantitative estimate of drug-likeness (QED) is 0.572. The summed E-state index contributed by atoms with van der Waals surface area (Å²) in [5, 5.41) is 1.21. The van der Waals surface area contributed by atoms with Crippen molar-refractivity contribution < 1.29 is 4.74 Å². The SMILES string of the molecule is CCCCN(C)c1ncnc2c1sc1nc(C(C)C)c3c(c12)CC(C)(C)OC3. The molecule has 0 aromatic carbocycles. The zero-order valence-corrected chi connectivity index (χ0v) is 18.6. The van der Waals surface area contributed by atoms with Gasteiger partial charge in [-0.3, -0.25) is 0 Å². The number of ether oxygens (including phenoxy) is 1. The Morgan fingerprint density at radius 2 is 2.04 bits per heavy atom. The van der Waals surface area contributed by atoms with Crippen molar-refractivity contribution in [3.8, 4) is 0 Å². The van der Waals surface area contributed by atoms with Crippen LogP contribution >= 0.6 is 11.3 Å². The number of hydrogen-bond donors (Lipinski definition) is 0. The molecule has 3 aromatic rings. The highest BCUT2D eigenvalue weighted by Crippen LogP contribution is 2.43. The molecule has 0 N–H and O–H groups in total. The van der Waals surface area contributed by atoms with Gasteiger partial charge in [-0.15, -0.1) is 11.3 Å². The number of rotatable bonds is 5. The Labute approximate surface area is 171 Å². The van der Waals surface area contributed by atoms with Crippen molar-refractivity contribution in [3.05, 3.63) is 23.1 Å². The highest BCUT2D eigenvalue weighted by molar-refractivity contribution is 7.26. The Kier molecular flexibility index (Phi) is 5.04. The lowest BCUT2D eigenvalue weighted by molar-refractivity contribution is -0.0402. The molecular formula is C22H30N4OS. The van der Waals surface area contributed by atoms with E-state index in [0.29, 0.717) is 12.5 Å². The lowest BCUT2D eigenvalue weighted by atomic mass is 9.87. The second-order valence-corrected chi connectivity index (χ2v) is 9.77. The first-order chi connectivity index (χ1) is 13.3. The minimum absolute atomic E-state index is 0.169. The molecule has 0 amide bonds. The van der Waals surface area contributed by atoms with E-state index in [1.165, 1.54) is 28.6 Å². The van der Waals surface area contributed by atoms with Crippen molar-refractivity contribution in [1.82, 2.24) is 15.0 Å². The third-order valence-electron chi connectivity index (χ3n) is 5.60. The molecule has 1 aliphatic heterocycles. The molecule has 3 aromatic heterocycles. The zero-order valence-electron chi connectivity index (χ0n) is 17.8. The maximum atomic E-state index is 6.15. The zero-order chi connectivity index (χ0) is 20.1. The molecule has 1 aliphatic rings. The molecule has 0 spiro atoms. The van der Waals surface area contributed by atoms with Crippen LogP contribution in [0, 0.1) is 0 Å². The molecule has 4 rings (SSSR count). The van der Waals surface area contributed by atoms with Gasteiger partial charge in [0.2, 0.25) is 0 Å². The number of anilines is 1. The smallest absolute Gasteiger partial charge is 0.149 e. The number of pyridine rings is 1. The fraction of sp³-hybridized carbons (Fsp3) is 0.591. The van der Waals surface area contributed by atoms with Crippen molar-refractivity contribution >= 4 is 37.6 Å². The maximum absolute atomic E-state index is 6.15. The minimum atomic E-state index is -0.169. The monoisotopic (exact) mass is 398 g/mol. The fourth-order valence-electron chi connectivity index (χ4n) is 4.07. The highest BCUT2D eigenvalue weighted by atomic mass is 32.1. The molecule has 6 heteroatoms. The number of aromatic nitrogens is 3. The van der Waals surface area contributed by atoms with Gasteiger partial charge in [-0.1, -0.05) is 27.2 Å². The van der Waals surface area contributed by atoms with Crippen LogP contribution in [0.15, 0.2) is 6.33 Å². The van der Waals surface area contributed by atoms with Crippen LogP contribution in [0.3, 0.4) is 0 Å². The van der Waals surface area contributed by atoms with Crippen LogP contribution in [0.5, 0.6) is 0 Å². The molecule has 0 saturated heterocycles. The van der Waals surface area contributed by atoms with Crippen molar-refractivity contribution in [2.45, 2.75) is 72.0 Å². The van der Waals surface area contributed by atoms with Gasteiger partial charge in [0.1, 0.15) is 17.0 Å². The number of fused-ring (bicyclic) bond motifs is 5. The highest BCUT2D eigenvalue weighted by Gasteiger charge is 2.32. The predicted molar refractivity (Wildman–Crippen MR) is 118 cm³/mol. The average molecular weight is 399 g/mol. The standard InChI is InChI=1S/C22H30N4OS/c1-7-8-9-26(6)20-19-18(23-12-24-20)16-14-10-22(4,5)27-11-15(14)17(13(2)3)25-21(16)28-19/h12-13H,7-11H2,1-6H3. The van der Waals surface area contributed by atoms with Crippen LogP contribution in [-0.4, -0.2) is 34.1 Å². The molecule has 0 unspecified atom stereocenters. The normalized spacial score (nSPS) is 16.1. The van der Waals surface area contributed by atoms with Gasteiger partial charge < -0.3 is 9.64 Å². The number of hydrogen-bond acceptors (Lipinski definition) is 6. The van der Waals surface area contributed by atoms with E-state index in [9.17, 15) is 0 Å². The van der Waals surface area contributed by atoms with Crippen LogP contribution in [0.4, 0.5) is 5.82 Å². The van der Waals surface area contributed by atoms with Gasteiger partial charge in [-0.2, -0.15) is 0 Å². The Bertz CT molecular complexity index is 1020. The summed E-state index contributed by atoms with van der Waals surface area (Å²) in [5.74, 6) is 1.39. The molecular weight excluding hydrogens is 368 g/mol. The summed E-state index contributed by atoms with van der Waals surface area (Å²) in [6.45, 7) is 12.6. The molecule has 4 heterocycles. The first kappa shape index (κ1) is 19.5. The van der Waals surface area contributed by atoms with Crippen LogP contribution in [0.2, 0.25) is 0 Å². The molecule has 0 saturated carbocycles. The second kappa shape index (κ2) is 7.23. The molecule has 5 nitrogen and oxygen atoms in total. The molecule has 0 aliphatic carbocycles. The van der Waals surface area contributed by atoms with Gasteiger partial charge in [0.15, 0.2) is 0 Å². The fourth-order valence-corrected chi connectivity index (χ4v) is 5.28. The van der Waals surface area contributed by atoms with Crippen molar-refractivity contribution in [2.75, 3.05) is 18.5 Å². The van der Waals surface area contributed by atoms with E-state index in [2.05, 4.69) is 51.6 Å². The summed E-state index contributed by atoms with van der Waals surface area (Å²) >= 11 is 1.74. The average Bonchev–Trinajstić information content (AvgIpc) is 3.03.